The van der Waals surface area contributed by atoms with Crippen molar-refractivity contribution in [2.24, 2.45) is 13.0 Å². The Morgan fingerprint density at radius 3 is 2.83 bits per heavy atom. The fraction of sp³-hybridized carbons (Fsp3) is 0.368. The molecule has 1 aliphatic heterocycles. The molecule has 0 aliphatic carbocycles. The average molecular weight is 336 g/mol. The van der Waals surface area contributed by atoms with E-state index in [1.54, 1.807) is 11.3 Å². The molecule has 0 amide bonds. The standard InChI is InChI=1S/C19H20N4S/c1-22-9-7-14(8-10-22)3-6-19-20-12-18(24-19)15-4-5-16-17(11-15)23(2)13-21-16/h4-5,11-14H,7-10H2,1-2H3. The Balaban J connectivity index is 1.55. The van der Waals surface area contributed by atoms with Crippen LogP contribution < -0.4 is 0 Å². The van der Waals surface area contributed by atoms with E-state index in [1.807, 2.05) is 24.1 Å². The summed E-state index contributed by atoms with van der Waals surface area (Å²) in [4.78, 5) is 12.4. The first-order valence-corrected chi connectivity index (χ1v) is 9.08. The zero-order valence-corrected chi connectivity index (χ0v) is 14.8. The fourth-order valence-corrected chi connectivity index (χ4v) is 3.84. The first-order valence-electron chi connectivity index (χ1n) is 8.26. The third kappa shape index (κ3) is 3.08. The van der Waals surface area contributed by atoms with E-state index < -0.39 is 0 Å². The second kappa shape index (κ2) is 6.39. The summed E-state index contributed by atoms with van der Waals surface area (Å²) < 4.78 is 2.04. The van der Waals surface area contributed by atoms with Crippen LogP contribution in [0, 0.1) is 17.8 Å². The predicted molar refractivity (Wildman–Crippen MR) is 98.9 cm³/mol. The lowest BCUT2D eigenvalue weighted by Crippen LogP contribution is -2.29. The summed E-state index contributed by atoms with van der Waals surface area (Å²) >= 11 is 1.67. The van der Waals surface area contributed by atoms with E-state index in [2.05, 4.69) is 52.0 Å². The van der Waals surface area contributed by atoms with E-state index in [0.717, 1.165) is 34.0 Å². The third-order valence-corrected chi connectivity index (χ3v) is 5.58. The van der Waals surface area contributed by atoms with Gasteiger partial charge in [0.15, 0.2) is 5.01 Å². The number of rotatable bonds is 1. The highest BCUT2D eigenvalue weighted by Gasteiger charge is 2.14. The SMILES string of the molecule is CN1CCC(C#Cc2ncc(-c3ccc4ncn(C)c4c3)s2)CC1. The minimum atomic E-state index is 0.513. The molecule has 4 nitrogen and oxygen atoms in total. The Morgan fingerprint density at radius 2 is 2.00 bits per heavy atom. The molecule has 5 heteroatoms. The number of aromatic nitrogens is 3. The quantitative estimate of drug-likeness (QED) is 0.639. The molecule has 4 rings (SSSR count). The molecule has 0 bridgehead atoms. The minimum absolute atomic E-state index is 0.513. The number of hydrogen-bond donors (Lipinski definition) is 0. The van der Waals surface area contributed by atoms with Crippen molar-refractivity contribution in [3.05, 3.63) is 35.7 Å². The maximum Gasteiger partial charge on any atom is 0.167 e. The van der Waals surface area contributed by atoms with E-state index in [4.69, 9.17) is 0 Å². The smallest absolute Gasteiger partial charge is 0.167 e. The Bertz CT molecular complexity index is 920. The van der Waals surface area contributed by atoms with Crippen molar-refractivity contribution in [3.8, 4) is 22.3 Å². The van der Waals surface area contributed by atoms with Gasteiger partial charge in [-0.1, -0.05) is 12.0 Å². The van der Waals surface area contributed by atoms with Gasteiger partial charge in [0.25, 0.3) is 0 Å². The second-order valence-corrected chi connectivity index (χ2v) is 7.47. The van der Waals surface area contributed by atoms with Crippen molar-refractivity contribution < 1.29 is 0 Å². The summed E-state index contributed by atoms with van der Waals surface area (Å²) in [5.41, 5.74) is 3.34. The largest absolute Gasteiger partial charge is 0.334 e. The number of piperidine rings is 1. The molecular weight excluding hydrogens is 316 g/mol. The van der Waals surface area contributed by atoms with Crippen molar-refractivity contribution in [2.45, 2.75) is 12.8 Å². The Kier molecular flexibility index (Phi) is 4.09. The van der Waals surface area contributed by atoms with Crippen LogP contribution in [0.1, 0.15) is 17.8 Å². The Hall–Kier alpha value is -2.16. The number of benzene rings is 1. The van der Waals surface area contributed by atoms with Crippen LogP contribution in [0.5, 0.6) is 0 Å². The summed E-state index contributed by atoms with van der Waals surface area (Å²) in [6.45, 7) is 2.29. The number of fused-ring (bicyclic) bond motifs is 1. The van der Waals surface area contributed by atoms with Crippen molar-refractivity contribution in [1.29, 1.82) is 0 Å². The van der Waals surface area contributed by atoms with E-state index >= 15 is 0 Å². The number of likely N-dealkylation sites (tertiary alicyclic amines) is 1. The summed E-state index contributed by atoms with van der Waals surface area (Å²) in [5.74, 6) is 7.21. The van der Waals surface area contributed by atoms with Crippen LogP contribution in [-0.4, -0.2) is 39.6 Å². The molecule has 24 heavy (non-hydrogen) atoms. The van der Waals surface area contributed by atoms with Gasteiger partial charge in [-0.3, -0.25) is 0 Å². The summed E-state index contributed by atoms with van der Waals surface area (Å²) in [6.07, 6.45) is 6.11. The minimum Gasteiger partial charge on any atom is -0.334 e. The highest BCUT2D eigenvalue weighted by Crippen LogP contribution is 2.28. The topological polar surface area (TPSA) is 34.0 Å². The van der Waals surface area contributed by atoms with Crippen LogP contribution in [0.15, 0.2) is 30.7 Å². The van der Waals surface area contributed by atoms with Crippen LogP contribution in [0.4, 0.5) is 0 Å². The van der Waals surface area contributed by atoms with Crippen LogP contribution in [0.2, 0.25) is 0 Å². The maximum absolute atomic E-state index is 4.49. The molecule has 122 valence electrons. The van der Waals surface area contributed by atoms with Gasteiger partial charge in [0, 0.05) is 19.2 Å². The molecule has 0 N–H and O–H groups in total. The molecule has 0 saturated carbocycles. The van der Waals surface area contributed by atoms with E-state index in [-0.39, 0.29) is 0 Å². The Labute approximate surface area is 146 Å². The van der Waals surface area contributed by atoms with Gasteiger partial charge >= 0.3 is 0 Å². The van der Waals surface area contributed by atoms with Crippen molar-refractivity contribution in [3.63, 3.8) is 0 Å². The summed E-state index contributed by atoms with van der Waals surface area (Å²) in [5, 5.41) is 0.911. The zero-order valence-electron chi connectivity index (χ0n) is 14.0. The van der Waals surface area contributed by atoms with Crippen LogP contribution >= 0.6 is 11.3 Å². The van der Waals surface area contributed by atoms with Crippen LogP contribution in [0.25, 0.3) is 21.5 Å². The number of nitrogens with zero attached hydrogens (tertiary/aromatic N) is 4. The van der Waals surface area contributed by atoms with Gasteiger partial charge < -0.3 is 9.47 Å². The first-order chi connectivity index (χ1) is 11.7. The number of thiazole rings is 1. The number of imidazole rings is 1. The van der Waals surface area contributed by atoms with Gasteiger partial charge in [0.05, 0.1) is 22.2 Å². The predicted octanol–water partition coefficient (Wildman–Crippen LogP) is 3.39. The molecule has 2 aromatic heterocycles. The second-order valence-electron chi connectivity index (χ2n) is 6.44. The molecule has 0 unspecified atom stereocenters. The lowest BCUT2D eigenvalue weighted by Gasteiger charge is -2.25. The Morgan fingerprint density at radius 1 is 1.17 bits per heavy atom. The van der Waals surface area contributed by atoms with E-state index in [1.165, 1.54) is 18.4 Å². The van der Waals surface area contributed by atoms with Gasteiger partial charge in [-0.15, -0.1) is 11.3 Å². The number of hydrogen-bond acceptors (Lipinski definition) is 4. The molecule has 1 aromatic carbocycles. The van der Waals surface area contributed by atoms with E-state index in [0.29, 0.717) is 5.92 Å². The zero-order chi connectivity index (χ0) is 16.5. The first kappa shape index (κ1) is 15.4. The maximum atomic E-state index is 4.49. The molecule has 0 spiro atoms. The van der Waals surface area contributed by atoms with Gasteiger partial charge in [-0.2, -0.15) is 0 Å². The summed E-state index contributed by atoms with van der Waals surface area (Å²) in [7, 11) is 4.19. The van der Waals surface area contributed by atoms with Crippen molar-refractivity contribution in [1.82, 2.24) is 19.4 Å². The summed E-state index contributed by atoms with van der Waals surface area (Å²) in [6, 6.07) is 6.34. The monoisotopic (exact) mass is 336 g/mol. The molecule has 0 atom stereocenters. The average Bonchev–Trinajstić information content (AvgIpc) is 3.21. The lowest BCUT2D eigenvalue weighted by atomic mass is 9.98. The fourth-order valence-electron chi connectivity index (χ4n) is 3.06. The molecule has 1 fully saturated rings. The molecule has 1 saturated heterocycles. The third-order valence-electron chi connectivity index (χ3n) is 4.62. The molecule has 3 heterocycles. The van der Waals surface area contributed by atoms with Gasteiger partial charge in [0.1, 0.15) is 0 Å². The van der Waals surface area contributed by atoms with Crippen LogP contribution in [0.3, 0.4) is 0 Å². The van der Waals surface area contributed by atoms with E-state index in [9.17, 15) is 0 Å². The van der Waals surface area contributed by atoms with Gasteiger partial charge in [-0.05, 0) is 56.6 Å². The highest BCUT2D eigenvalue weighted by molar-refractivity contribution is 7.15. The van der Waals surface area contributed by atoms with Crippen molar-refractivity contribution in [2.75, 3.05) is 20.1 Å². The van der Waals surface area contributed by atoms with Gasteiger partial charge in [0.2, 0.25) is 0 Å². The van der Waals surface area contributed by atoms with Crippen LogP contribution in [-0.2, 0) is 7.05 Å². The van der Waals surface area contributed by atoms with Gasteiger partial charge in [-0.25, -0.2) is 9.97 Å². The molecule has 0 radical (unpaired) electrons. The normalized spacial score (nSPS) is 16.2. The molecule has 1 aliphatic rings. The molecule has 3 aromatic rings. The highest BCUT2D eigenvalue weighted by atomic mass is 32.1. The molecular formula is C19H20N4S. The lowest BCUT2D eigenvalue weighted by molar-refractivity contribution is 0.248. The van der Waals surface area contributed by atoms with Crippen molar-refractivity contribution >= 4 is 22.4 Å². The number of aryl methyl sites for hydroxylation is 1.